The van der Waals surface area contributed by atoms with Crippen LogP contribution < -0.4 is 26.6 Å². The minimum atomic E-state index is -1.61. The molecule has 0 saturated carbocycles. The summed E-state index contributed by atoms with van der Waals surface area (Å²) >= 11 is 0. The van der Waals surface area contributed by atoms with E-state index in [4.69, 9.17) is 0 Å². The predicted molar refractivity (Wildman–Crippen MR) is 410 cm³/mol. The van der Waals surface area contributed by atoms with E-state index >= 15 is 9.59 Å². The maximum atomic E-state index is 15.1. The molecule has 2 aromatic carbocycles. The highest BCUT2D eigenvalue weighted by Crippen LogP contribution is 2.27. The molecule has 12 unspecified atom stereocenters. The number of nitrogens with zero attached hydrogens (tertiary/aromatic N) is 8. The first kappa shape index (κ1) is 91.9. The second kappa shape index (κ2) is 42.3. The van der Waals surface area contributed by atoms with Crippen molar-refractivity contribution >= 4 is 93.8 Å². The van der Waals surface area contributed by atoms with Gasteiger partial charge in [0.2, 0.25) is 70.9 Å². The molecule has 1 fully saturated rings. The summed E-state index contributed by atoms with van der Waals surface area (Å²) in [7, 11) is 11.2. The highest BCUT2D eigenvalue weighted by Gasteiger charge is 2.46. The number of ketones is 1. The van der Waals surface area contributed by atoms with Crippen LogP contribution in [0.25, 0.3) is 11.0 Å². The number of anilines is 1. The van der Waals surface area contributed by atoms with Crippen LogP contribution in [0.3, 0.4) is 0 Å². The number of aromatic amines is 1. The molecule has 7 N–H and O–H groups in total. The van der Waals surface area contributed by atoms with E-state index in [9.17, 15) is 57.8 Å². The van der Waals surface area contributed by atoms with Gasteiger partial charge in [0.05, 0.1) is 30.8 Å². The van der Waals surface area contributed by atoms with Gasteiger partial charge in [0.1, 0.15) is 60.4 Å². The van der Waals surface area contributed by atoms with Gasteiger partial charge < -0.3 is 70.4 Å². The average Bonchev–Trinajstić information content (AvgIpc) is 1.59. The second-order valence-electron chi connectivity index (χ2n) is 30.7. The van der Waals surface area contributed by atoms with Crippen LogP contribution in [0.5, 0.6) is 0 Å². The minimum absolute atomic E-state index is 0.0229. The number of allylic oxidation sites excluding steroid dienone is 2. The summed E-state index contributed by atoms with van der Waals surface area (Å²) < 4.78 is 4.51. The number of aliphatic hydroxyl groups excluding tert-OH is 1. The van der Waals surface area contributed by atoms with Crippen molar-refractivity contribution in [3.63, 3.8) is 0 Å². The molecule has 107 heavy (non-hydrogen) atoms. The number of imidazole rings is 1. The number of benzene rings is 2. The Labute approximate surface area is 633 Å². The van der Waals surface area contributed by atoms with E-state index in [1.165, 1.54) is 94.8 Å². The molecule has 12 atom stereocenters. The molecule has 3 aromatic rings. The fourth-order valence-corrected chi connectivity index (χ4v) is 12.8. The maximum absolute atomic E-state index is 15.1. The number of rotatable bonds is 18. The number of amides is 12. The van der Waals surface area contributed by atoms with Crippen molar-refractivity contribution < 1.29 is 72.2 Å². The molecule has 1 aliphatic heterocycles. The Bertz CT molecular complexity index is 3580. The number of nitrogens with one attached hydrogen (secondary N) is 6. The normalized spacial score (nSPS) is 23.5. The van der Waals surface area contributed by atoms with Gasteiger partial charge in [-0.2, -0.15) is 0 Å². The summed E-state index contributed by atoms with van der Waals surface area (Å²) in [5.74, 6) is -9.51. The summed E-state index contributed by atoms with van der Waals surface area (Å²) in [5, 5.41) is 25.5. The lowest BCUT2D eigenvalue weighted by molar-refractivity contribution is -0.157. The van der Waals surface area contributed by atoms with Gasteiger partial charge >= 0.3 is 6.09 Å². The first-order valence-corrected chi connectivity index (χ1v) is 37.2. The van der Waals surface area contributed by atoms with Gasteiger partial charge in [0.25, 0.3) is 0 Å². The molecule has 4 rings (SSSR count). The third-order valence-corrected chi connectivity index (χ3v) is 19.3. The number of aromatic nitrogens is 2. The zero-order valence-electron chi connectivity index (χ0n) is 67.9. The van der Waals surface area contributed by atoms with E-state index in [-0.39, 0.29) is 67.5 Å². The number of carbonyl (C=O) groups excluding carboxylic acids is 13. The van der Waals surface area contributed by atoms with Gasteiger partial charge in [-0.15, -0.1) is 0 Å². The van der Waals surface area contributed by atoms with Crippen LogP contribution in [-0.4, -0.2) is 256 Å². The van der Waals surface area contributed by atoms with E-state index < -0.39 is 162 Å². The first-order valence-electron chi connectivity index (χ1n) is 37.2. The molecule has 12 amide bonds. The molecule has 2 heterocycles. The second-order valence-corrected chi connectivity index (χ2v) is 30.7. The minimum Gasteiger partial charge on any atom is -0.453 e. The first-order chi connectivity index (χ1) is 49.9. The van der Waals surface area contributed by atoms with E-state index in [0.29, 0.717) is 28.6 Å². The molecule has 0 spiro atoms. The monoisotopic (exact) mass is 1500 g/mol. The Hall–Kier alpha value is -9.28. The van der Waals surface area contributed by atoms with E-state index in [0.717, 1.165) is 9.80 Å². The summed E-state index contributed by atoms with van der Waals surface area (Å²) in [6, 6.07) is 1.85. The Morgan fingerprint density at radius 3 is 1.54 bits per heavy atom. The third-order valence-electron chi connectivity index (χ3n) is 19.3. The van der Waals surface area contributed by atoms with Crippen LogP contribution in [0, 0.1) is 41.4 Å². The highest BCUT2D eigenvalue weighted by atomic mass is 16.5. The predicted octanol–water partition coefficient (Wildman–Crippen LogP) is 6.24. The molecule has 1 aromatic heterocycles. The lowest BCUT2D eigenvalue weighted by Gasteiger charge is -2.41. The highest BCUT2D eigenvalue weighted by molar-refractivity contribution is 6.10. The van der Waals surface area contributed by atoms with Gasteiger partial charge in [-0.05, 0) is 119 Å². The molecule has 29 heteroatoms. The molecular weight excluding hydrogens is 1370 g/mol. The quantitative estimate of drug-likeness (QED) is 0.0547. The fraction of sp³-hybridized carbons (Fsp3) is 0.641. The standard InChI is InChI=1S/C62H111N11O12.C16H13N3O3/c1-25-27-28-40(15)52(75)51-56(79)65-43(26-2)58(81)67(18)33-48(74)68(19)44(29-34(3)4)55(78)66-49(38(11)12)61(84)69(20)45(30-35(5)6)54(77)63-41(16)53(76)64-42(17)57(80)70(21)46(31-36(7)8)59(82)71(22)47(32-37(9)10)60(83)72(23)50(39(13)14)62(85)73(51)24;1-22-16(21)19-15-17-12-8-7-11(9-13(12)18-15)14(20)10-5-3-2-4-6-10/h25,27,34-47,49-52,75H,26,28-33H2,1-24H3,(H,63,77)(H,64,76)(H,65,79)(H,66,78);2-9H,1H3,(H2,17,18,19,21). The Kier molecular flexibility index (Phi) is 36.4. The van der Waals surface area contributed by atoms with Gasteiger partial charge in [-0.3, -0.25) is 62.9 Å². The van der Waals surface area contributed by atoms with E-state index in [2.05, 4.69) is 41.3 Å². The topological polar surface area (TPSA) is 363 Å². The smallest absolute Gasteiger partial charge is 0.413 e. The fourth-order valence-electron chi connectivity index (χ4n) is 12.8. The molecular formula is C78H124N14O15. The van der Waals surface area contributed by atoms with Crippen molar-refractivity contribution in [1.29, 1.82) is 0 Å². The van der Waals surface area contributed by atoms with Crippen LogP contribution in [0.2, 0.25) is 0 Å². The number of methoxy groups -OCH3 is 1. The summed E-state index contributed by atoms with van der Waals surface area (Å²) in [5.41, 5.74) is 2.48. The van der Waals surface area contributed by atoms with Crippen molar-refractivity contribution in [1.82, 2.24) is 65.5 Å². The van der Waals surface area contributed by atoms with Crippen molar-refractivity contribution in [3.05, 3.63) is 71.8 Å². The van der Waals surface area contributed by atoms with Crippen LogP contribution in [0.15, 0.2) is 60.7 Å². The number of fused-ring (bicyclic) bond motifs is 1. The van der Waals surface area contributed by atoms with Crippen molar-refractivity contribution in [2.75, 3.05) is 68.3 Å². The molecule has 0 radical (unpaired) electrons. The Morgan fingerprint density at radius 2 is 1.04 bits per heavy atom. The van der Waals surface area contributed by atoms with E-state index in [1.807, 2.05) is 79.7 Å². The molecule has 596 valence electrons. The van der Waals surface area contributed by atoms with Crippen LogP contribution >= 0.6 is 0 Å². The Morgan fingerprint density at radius 1 is 0.551 bits per heavy atom. The maximum Gasteiger partial charge on any atom is 0.413 e. The van der Waals surface area contributed by atoms with Crippen molar-refractivity contribution in [2.24, 2.45) is 41.4 Å². The molecule has 1 aliphatic rings. The number of H-pyrrole nitrogens is 1. The van der Waals surface area contributed by atoms with E-state index in [1.54, 1.807) is 84.9 Å². The SMILES string of the molecule is CC=CCC(C)C(O)C1C(=O)NC(CC)C(=O)N(C)CC(=O)N(C)C(CC(C)C)C(=O)NC(C(C)C)C(=O)N(C)C(CC(C)C)C(=O)NC(C)C(=O)NC(C)C(=O)N(C)C(CC(C)C)C(=O)N(C)C(CC(C)C)C(=O)N(C)C(C(C)C)C(=O)N1C.COC(=O)Nc1nc2ccc(C(=O)c3ccccc3)cc2[nH]1. The Balaban J connectivity index is 0.00000113. The molecule has 0 aliphatic carbocycles. The number of carbonyl (C=O) groups is 13. The summed E-state index contributed by atoms with van der Waals surface area (Å²) in [4.78, 5) is 199. The molecule has 0 bridgehead atoms. The number of hydrogen-bond donors (Lipinski definition) is 7. The van der Waals surface area contributed by atoms with Crippen LogP contribution in [0.1, 0.15) is 172 Å². The van der Waals surface area contributed by atoms with Crippen LogP contribution in [0.4, 0.5) is 10.7 Å². The van der Waals surface area contributed by atoms with Crippen LogP contribution in [-0.2, 0) is 57.5 Å². The van der Waals surface area contributed by atoms with Gasteiger partial charge in [-0.1, -0.05) is 139 Å². The largest absolute Gasteiger partial charge is 0.453 e. The zero-order valence-corrected chi connectivity index (χ0v) is 67.9. The number of ether oxygens (including phenoxy) is 1. The third kappa shape index (κ3) is 25.7. The lowest BCUT2D eigenvalue weighted by Crippen LogP contribution is -2.63. The van der Waals surface area contributed by atoms with Crippen molar-refractivity contribution in [3.8, 4) is 0 Å². The number of likely N-dealkylation sites (N-methyl/N-ethyl adjacent to an activating group) is 7. The summed E-state index contributed by atoms with van der Waals surface area (Å²) in [6.45, 7) is 29.3. The number of hydrogen-bond acceptors (Lipinski definition) is 16. The zero-order chi connectivity index (χ0) is 81.5. The number of aliphatic hydroxyl groups is 1. The summed E-state index contributed by atoms with van der Waals surface area (Å²) in [6.07, 6.45) is 2.43. The molecule has 29 nitrogen and oxygen atoms in total. The van der Waals surface area contributed by atoms with Gasteiger partial charge in [0.15, 0.2) is 5.78 Å². The van der Waals surface area contributed by atoms with Gasteiger partial charge in [0, 0.05) is 60.5 Å². The molecule has 1 saturated heterocycles. The van der Waals surface area contributed by atoms with Crippen molar-refractivity contribution in [2.45, 2.75) is 223 Å². The lowest BCUT2D eigenvalue weighted by atomic mass is 9.91. The average molecular weight is 1500 g/mol. The van der Waals surface area contributed by atoms with Gasteiger partial charge in [-0.25, -0.2) is 9.78 Å².